The van der Waals surface area contributed by atoms with E-state index in [-0.39, 0.29) is 18.5 Å². The number of nitrogens with zero attached hydrogens (tertiary/aromatic N) is 3. The molecule has 1 unspecified atom stereocenters. The molecule has 0 spiro atoms. The maximum Gasteiger partial charge on any atom is 0.317 e. The predicted octanol–water partition coefficient (Wildman–Crippen LogP) is 5.02. The highest BCUT2D eigenvalue weighted by atomic mass is 32.2. The van der Waals surface area contributed by atoms with Crippen LogP contribution in [0.2, 0.25) is 0 Å². The first kappa shape index (κ1) is 22.7. The molecule has 0 saturated heterocycles. The van der Waals surface area contributed by atoms with Crippen molar-refractivity contribution in [3.8, 4) is 11.1 Å². The standard InChI is InChI=1S/C26H25N3O3S/c1-16-7-8-20(15-18(16)3)19-9-11-21(12-10-19)33-23(26(31)32)13-14-29-25(30)22-6-4-5-17(2)24(22)27-28-29/h4-12,15,23H,13-14H2,1-3H3,(H,31,32). The summed E-state index contributed by atoms with van der Waals surface area (Å²) >= 11 is 1.27. The van der Waals surface area contributed by atoms with Gasteiger partial charge in [-0.1, -0.05) is 47.7 Å². The smallest absolute Gasteiger partial charge is 0.317 e. The number of aryl methyl sites for hydroxylation is 4. The second-order valence-corrected chi connectivity index (χ2v) is 9.42. The number of thioether (sulfide) groups is 1. The molecule has 33 heavy (non-hydrogen) atoms. The molecule has 1 atom stereocenters. The maximum absolute atomic E-state index is 12.7. The van der Waals surface area contributed by atoms with Crippen molar-refractivity contribution in [3.05, 3.63) is 87.7 Å². The van der Waals surface area contributed by atoms with Crippen molar-refractivity contribution >= 4 is 28.6 Å². The number of carbonyl (C=O) groups is 1. The van der Waals surface area contributed by atoms with Crippen molar-refractivity contribution in [1.29, 1.82) is 0 Å². The first-order valence-electron chi connectivity index (χ1n) is 10.7. The van der Waals surface area contributed by atoms with Gasteiger partial charge in [0.25, 0.3) is 5.56 Å². The largest absolute Gasteiger partial charge is 0.480 e. The van der Waals surface area contributed by atoms with Gasteiger partial charge in [0, 0.05) is 11.4 Å². The third kappa shape index (κ3) is 4.98. The molecule has 7 heteroatoms. The van der Waals surface area contributed by atoms with Crippen LogP contribution >= 0.6 is 11.8 Å². The molecule has 6 nitrogen and oxygen atoms in total. The lowest BCUT2D eigenvalue weighted by Gasteiger charge is -2.13. The van der Waals surface area contributed by atoms with Gasteiger partial charge in [-0.25, -0.2) is 4.68 Å². The maximum atomic E-state index is 12.7. The average molecular weight is 460 g/mol. The molecule has 0 saturated carbocycles. The van der Waals surface area contributed by atoms with E-state index in [1.165, 1.54) is 27.6 Å². The van der Waals surface area contributed by atoms with E-state index in [1.54, 1.807) is 6.07 Å². The Morgan fingerprint density at radius 1 is 0.970 bits per heavy atom. The number of aromatic nitrogens is 3. The number of rotatable bonds is 7. The molecule has 3 aromatic carbocycles. The lowest BCUT2D eigenvalue weighted by Crippen LogP contribution is -2.27. The Morgan fingerprint density at radius 3 is 2.39 bits per heavy atom. The zero-order valence-electron chi connectivity index (χ0n) is 18.8. The molecule has 4 rings (SSSR count). The minimum atomic E-state index is -0.920. The fourth-order valence-corrected chi connectivity index (χ4v) is 4.62. The van der Waals surface area contributed by atoms with Crippen LogP contribution in [0, 0.1) is 20.8 Å². The van der Waals surface area contributed by atoms with Crippen molar-refractivity contribution in [3.63, 3.8) is 0 Å². The normalized spacial score (nSPS) is 12.1. The second kappa shape index (κ2) is 9.58. The number of aliphatic carboxylic acids is 1. The van der Waals surface area contributed by atoms with Crippen molar-refractivity contribution in [1.82, 2.24) is 15.0 Å². The Hall–Kier alpha value is -3.45. The number of benzene rings is 3. The molecular weight excluding hydrogens is 434 g/mol. The molecule has 0 bridgehead atoms. The monoisotopic (exact) mass is 459 g/mol. The first-order valence-corrected chi connectivity index (χ1v) is 11.6. The topological polar surface area (TPSA) is 85.1 Å². The summed E-state index contributed by atoms with van der Waals surface area (Å²) in [5.41, 5.74) is 5.91. The third-order valence-electron chi connectivity index (χ3n) is 5.81. The van der Waals surface area contributed by atoms with Crippen LogP contribution in [-0.2, 0) is 11.3 Å². The van der Waals surface area contributed by atoms with E-state index in [2.05, 4.69) is 42.4 Å². The summed E-state index contributed by atoms with van der Waals surface area (Å²) in [4.78, 5) is 25.5. The predicted molar refractivity (Wildman–Crippen MR) is 132 cm³/mol. The van der Waals surface area contributed by atoms with Gasteiger partial charge >= 0.3 is 5.97 Å². The van der Waals surface area contributed by atoms with E-state index < -0.39 is 11.2 Å². The highest BCUT2D eigenvalue weighted by molar-refractivity contribution is 8.00. The van der Waals surface area contributed by atoms with Gasteiger partial charge in [-0.2, -0.15) is 0 Å². The Labute approximate surface area is 196 Å². The van der Waals surface area contributed by atoms with Crippen LogP contribution in [0.3, 0.4) is 0 Å². The highest BCUT2D eigenvalue weighted by Crippen LogP contribution is 2.29. The van der Waals surface area contributed by atoms with E-state index in [1.807, 2.05) is 43.3 Å². The van der Waals surface area contributed by atoms with Gasteiger partial charge < -0.3 is 5.11 Å². The zero-order valence-corrected chi connectivity index (χ0v) is 19.6. The van der Waals surface area contributed by atoms with Crippen LogP contribution in [0.1, 0.15) is 23.1 Å². The van der Waals surface area contributed by atoms with Gasteiger partial charge in [-0.05, 0) is 73.2 Å². The Bertz CT molecular complexity index is 1380. The molecule has 0 aliphatic carbocycles. The van der Waals surface area contributed by atoms with Crippen LogP contribution in [-0.4, -0.2) is 31.3 Å². The molecule has 1 heterocycles. The van der Waals surface area contributed by atoms with Gasteiger partial charge in [0.1, 0.15) is 10.8 Å². The summed E-state index contributed by atoms with van der Waals surface area (Å²) in [7, 11) is 0. The van der Waals surface area contributed by atoms with Crippen molar-refractivity contribution in [2.24, 2.45) is 0 Å². The summed E-state index contributed by atoms with van der Waals surface area (Å²) in [6, 6.07) is 19.6. The molecule has 0 aliphatic heterocycles. The molecule has 0 amide bonds. The quantitative estimate of drug-likeness (QED) is 0.391. The van der Waals surface area contributed by atoms with E-state index >= 15 is 0 Å². The van der Waals surface area contributed by atoms with E-state index in [0.717, 1.165) is 21.6 Å². The number of carboxylic acids is 1. The Balaban J connectivity index is 1.48. The van der Waals surface area contributed by atoms with Crippen molar-refractivity contribution in [2.45, 2.75) is 43.9 Å². The zero-order chi connectivity index (χ0) is 23.5. The van der Waals surface area contributed by atoms with Crippen LogP contribution < -0.4 is 5.56 Å². The summed E-state index contributed by atoms with van der Waals surface area (Å²) in [6.45, 7) is 6.24. The van der Waals surface area contributed by atoms with E-state index in [0.29, 0.717) is 10.9 Å². The molecule has 1 aromatic heterocycles. The third-order valence-corrected chi connectivity index (χ3v) is 7.07. The molecule has 0 radical (unpaired) electrons. The fourth-order valence-electron chi connectivity index (χ4n) is 3.67. The number of hydrogen-bond donors (Lipinski definition) is 1. The van der Waals surface area contributed by atoms with Crippen LogP contribution in [0.5, 0.6) is 0 Å². The molecule has 0 fully saturated rings. The Morgan fingerprint density at radius 2 is 1.70 bits per heavy atom. The van der Waals surface area contributed by atoms with Gasteiger partial charge in [-0.15, -0.1) is 16.9 Å². The number of fused-ring (bicyclic) bond motifs is 1. The van der Waals surface area contributed by atoms with Crippen LogP contribution in [0.15, 0.2) is 70.4 Å². The lowest BCUT2D eigenvalue weighted by atomic mass is 10.0. The van der Waals surface area contributed by atoms with Crippen LogP contribution in [0.4, 0.5) is 0 Å². The number of carboxylic acid groups (broad SMARTS) is 1. The molecular formula is C26H25N3O3S. The molecule has 4 aromatic rings. The highest BCUT2D eigenvalue weighted by Gasteiger charge is 2.20. The number of hydrogen-bond acceptors (Lipinski definition) is 5. The SMILES string of the molecule is Cc1ccc(-c2ccc(SC(CCn3nnc4c(C)cccc4c3=O)C(=O)O)cc2)cc1C. The minimum Gasteiger partial charge on any atom is -0.480 e. The second-order valence-electron chi connectivity index (χ2n) is 8.15. The average Bonchev–Trinajstić information content (AvgIpc) is 2.80. The minimum absolute atomic E-state index is 0.181. The van der Waals surface area contributed by atoms with Crippen molar-refractivity contribution < 1.29 is 9.90 Å². The van der Waals surface area contributed by atoms with Gasteiger partial charge in [0.15, 0.2) is 0 Å². The Kier molecular flexibility index (Phi) is 6.60. The fraction of sp³-hybridized carbons (Fsp3) is 0.231. The van der Waals surface area contributed by atoms with Gasteiger partial charge in [0.05, 0.1) is 5.39 Å². The van der Waals surface area contributed by atoms with E-state index in [9.17, 15) is 14.7 Å². The van der Waals surface area contributed by atoms with Crippen LogP contribution in [0.25, 0.3) is 22.0 Å². The summed E-state index contributed by atoms with van der Waals surface area (Å²) < 4.78 is 1.25. The van der Waals surface area contributed by atoms with Gasteiger partial charge in [0.2, 0.25) is 0 Å². The summed E-state index contributed by atoms with van der Waals surface area (Å²) in [5.74, 6) is -0.920. The summed E-state index contributed by atoms with van der Waals surface area (Å²) in [6.07, 6.45) is 0.255. The molecule has 1 N–H and O–H groups in total. The lowest BCUT2D eigenvalue weighted by molar-refractivity contribution is -0.136. The molecule has 168 valence electrons. The van der Waals surface area contributed by atoms with Gasteiger partial charge in [-0.3, -0.25) is 9.59 Å². The summed E-state index contributed by atoms with van der Waals surface area (Å²) in [5, 5.41) is 17.7. The van der Waals surface area contributed by atoms with E-state index in [4.69, 9.17) is 0 Å². The van der Waals surface area contributed by atoms with Crippen molar-refractivity contribution in [2.75, 3.05) is 0 Å². The molecule has 0 aliphatic rings. The first-order chi connectivity index (χ1) is 15.8.